The minimum Gasteiger partial charge on any atom is -0.458 e. The number of esters is 1. The van der Waals surface area contributed by atoms with Crippen LogP contribution in [0.1, 0.15) is 38.1 Å². The zero-order chi connectivity index (χ0) is 14.6. The highest BCUT2D eigenvalue weighted by Crippen LogP contribution is 2.12. The molecule has 0 aliphatic heterocycles. The average Bonchev–Trinajstić information content (AvgIpc) is 2.27. The van der Waals surface area contributed by atoms with Crippen molar-refractivity contribution >= 4 is 34.5 Å². The van der Waals surface area contributed by atoms with Gasteiger partial charge in [-0.25, -0.2) is 4.79 Å². The maximum Gasteiger partial charge on any atom is 0.328 e. The largest absolute Gasteiger partial charge is 0.458 e. The molecular weight excluding hydrogens is 357 g/mol. The molecule has 0 fully saturated rings. The minimum absolute atomic E-state index is 0.275. The molecule has 1 aromatic rings. The summed E-state index contributed by atoms with van der Waals surface area (Å²) in [6.07, 6.45) is 0. The summed E-state index contributed by atoms with van der Waals surface area (Å²) >= 11 is 2.08. The van der Waals surface area contributed by atoms with Gasteiger partial charge in [0.05, 0.1) is 5.56 Å². The van der Waals surface area contributed by atoms with Crippen molar-refractivity contribution in [3.63, 3.8) is 0 Å². The first-order chi connectivity index (χ1) is 8.70. The van der Waals surface area contributed by atoms with Crippen LogP contribution in [-0.4, -0.2) is 23.5 Å². The summed E-state index contributed by atoms with van der Waals surface area (Å²) in [5.41, 5.74) is -0.00412. The smallest absolute Gasteiger partial charge is 0.328 e. The van der Waals surface area contributed by atoms with Gasteiger partial charge in [-0.3, -0.25) is 4.79 Å². The summed E-state index contributed by atoms with van der Waals surface area (Å²) in [4.78, 5) is 23.8. The third kappa shape index (κ3) is 5.18. The highest BCUT2D eigenvalue weighted by atomic mass is 127. The van der Waals surface area contributed by atoms with Crippen molar-refractivity contribution in [1.29, 1.82) is 0 Å². The Labute approximate surface area is 127 Å². The van der Waals surface area contributed by atoms with E-state index in [4.69, 9.17) is 4.74 Å². The molecule has 19 heavy (non-hydrogen) atoms. The summed E-state index contributed by atoms with van der Waals surface area (Å²) in [7, 11) is 0. The number of benzene rings is 1. The fourth-order valence-electron chi connectivity index (χ4n) is 1.37. The predicted molar refractivity (Wildman–Crippen MR) is 81.9 cm³/mol. The quantitative estimate of drug-likeness (QED) is 0.653. The zero-order valence-electron chi connectivity index (χ0n) is 11.5. The zero-order valence-corrected chi connectivity index (χ0v) is 13.6. The highest BCUT2D eigenvalue weighted by Gasteiger charge is 2.23. The van der Waals surface area contributed by atoms with Crippen LogP contribution in [0.5, 0.6) is 0 Å². The number of hydrogen-bond donors (Lipinski definition) is 1. The summed E-state index contributed by atoms with van der Waals surface area (Å²) in [5.74, 6) is -0.713. The Morgan fingerprint density at radius 2 is 1.84 bits per heavy atom. The Hall–Kier alpha value is -1.11. The molecule has 1 aromatic carbocycles. The number of halogens is 1. The standard InChI is InChI=1S/C14H18INO3/c1-9(13(18)19-14(2,3)4)16-12(17)10-7-5-6-8-11(10)15/h5-9H,1-4H3,(H,16,17)/t9-/m1/s1. The molecule has 1 amide bonds. The van der Waals surface area contributed by atoms with E-state index in [1.807, 2.05) is 12.1 Å². The molecule has 0 aromatic heterocycles. The van der Waals surface area contributed by atoms with Gasteiger partial charge in [0, 0.05) is 3.57 Å². The summed E-state index contributed by atoms with van der Waals surface area (Å²) in [6, 6.07) is 6.53. The number of hydrogen-bond acceptors (Lipinski definition) is 3. The van der Waals surface area contributed by atoms with E-state index in [0.29, 0.717) is 5.56 Å². The van der Waals surface area contributed by atoms with Crippen molar-refractivity contribution in [2.24, 2.45) is 0 Å². The number of amides is 1. The van der Waals surface area contributed by atoms with E-state index in [0.717, 1.165) is 3.57 Å². The van der Waals surface area contributed by atoms with Crippen LogP contribution in [0.4, 0.5) is 0 Å². The molecule has 0 aliphatic carbocycles. The van der Waals surface area contributed by atoms with E-state index in [1.165, 1.54) is 0 Å². The van der Waals surface area contributed by atoms with Gasteiger partial charge in [-0.15, -0.1) is 0 Å². The average molecular weight is 375 g/mol. The lowest BCUT2D eigenvalue weighted by Crippen LogP contribution is -2.42. The van der Waals surface area contributed by atoms with Gasteiger partial charge < -0.3 is 10.1 Å². The lowest BCUT2D eigenvalue weighted by molar-refractivity contribution is -0.156. The normalized spacial score (nSPS) is 12.7. The maximum atomic E-state index is 12.0. The molecular formula is C14H18INO3. The Morgan fingerprint density at radius 1 is 1.26 bits per heavy atom. The van der Waals surface area contributed by atoms with Crippen LogP contribution in [-0.2, 0) is 9.53 Å². The molecule has 0 heterocycles. The monoisotopic (exact) mass is 375 g/mol. The molecule has 0 saturated carbocycles. The highest BCUT2D eigenvalue weighted by molar-refractivity contribution is 14.1. The van der Waals surface area contributed by atoms with Crippen LogP contribution in [0.15, 0.2) is 24.3 Å². The van der Waals surface area contributed by atoms with Crippen molar-refractivity contribution in [3.8, 4) is 0 Å². The molecule has 0 radical (unpaired) electrons. The van der Waals surface area contributed by atoms with Crippen molar-refractivity contribution in [2.45, 2.75) is 39.3 Å². The van der Waals surface area contributed by atoms with E-state index < -0.39 is 17.6 Å². The molecule has 4 nitrogen and oxygen atoms in total. The number of nitrogens with one attached hydrogen (secondary N) is 1. The second kappa shape index (κ2) is 6.36. The van der Waals surface area contributed by atoms with E-state index in [2.05, 4.69) is 27.9 Å². The molecule has 0 spiro atoms. The van der Waals surface area contributed by atoms with Gasteiger partial charge in [0.1, 0.15) is 11.6 Å². The Bertz CT molecular complexity index is 480. The van der Waals surface area contributed by atoms with Gasteiger partial charge in [-0.05, 0) is 62.4 Å². The molecule has 0 bridgehead atoms. The molecule has 1 rings (SSSR count). The van der Waals surface area contributed by atoms with E-state index in [-0.39, 0.29) is 5.91 Å². The molecule has 1 atom stereocenters. The number of rotatable bonds is 3. The van der Waals surface area contributed by atoms with Gasteiger partial charge in [-0.1, -0.05) is 12.1 Å². The van der Waals surface area contributed by atoms with Crippen molar-refractivity contribution in [2.75, 3.05) is 0 Å². The number of ether oxygens (including phenoxy) is 1. The van der Waals surface area contributed by atoms with Crippen LogP contribution in [0, 0.1) is 3.57 Å². The first-order valence-corrected chi connectivity index (χ1v) is 7.07. The Balaban J connectivity index is 2.67. The third-order valence-electron chi connectivity index (χ3n) is 2.23. The van der Waals surface area contributed by atoms with Crippen LogP contribution in [0.2, 0.25) is 0 Å². The first-order valence-electron chi connectivity index (χ1n) is 5.99. The van der Waals surface area contributed by atoms with Crippen LogP contribution < -0.4 is 5.32 Å². The fourth-order valence-corrected chi connectivity index (χ4v) is 2.00. The van der Waals surface area contributed by atoms with Gasteiger partial charge in [0.25, 0.3) is 5.91 Å². The fraction of sp³-hybridized carbons (Fsp3) is 0.429. The number of carbonyl (C=O) groups is 2. The topological polar surface area (TPSA) is 55.4 Å². The van der Waals surface area contributed by atoms with Crippen molar-refractivity contribution in [1.82, 2.24) is 5.32 Å². The van der Waals surface area contributed by atoms with Crippen LogP contribution >= 0.6 is 22.6 Å². The van der Waals surface area contributed by atoms with Gasteiger partial charge in [0.15, 0.2) is 0 Å². The van der Waals surface area contributed by atoms with E-state index >= 15 is 0 Å². The minimum atomic E-state index is -0.678. The Kier molecular flexibility index (Phi) is 5.34. The summed E-state index contributed by atoms with van der Waals surface area (Å²) in [6.45, 7) is 6.99. The SMILES string of the molecule is C[C@@H](NC(=O)c1ccccc1I)C(=O)OC(C)(C)C. The molecule has 104 valence electrons. The first kappa shape index (κ1) is 15.9. The number of carbonyl (C=O) groups excluding carboxylic acids is 2. The Morgan fingerprint density at radius 3 is 2.37 bits per heavy atom. The molecule has 0 aliphatic rings. The van der Waals surface area contributed by atoms with Crippen molar-refractivity contribution in [3.05, 3.63) is 33.4 Å². The molecule has 1 N–H and O–H groups in total. The molecule has 5 heteroatoms. The predicted octanol–water partition coefficient (Wildman–Crippen LogP) is 2.75. The van der Waals surface area contributed by atoms with Crippen LogP contribution in [0.25, 0.3) is 0 Å². The molecule has 0 saturated heterocycles. The third-order valence-corrected chi connectivity index (χ3v) is 3.17. The lowest BCUT2D eigenvalue weighted by Gasteiger charge is -2.22. The van der Waals surface area contributed by atoms with Crippen LogP contribution in [0.3, 0.4) is 0 Å². The summed E-state index contributed by atoms with van der Waals surface area (Å²) < 4.78 is 6.05. The summed E-state index contributed by atoms with van der Waals surface area (Å²) in [5, 5.41) is 2.64. The maximum absolute atomic E-state index is 12.0. The van der Waals surface area contributed by atoms with Gasteiger partial charge in [0.2, 0.25) is 0 Å². The van der Waals surface area contributed by atoms with E-state index in [1.54, 1.807) is 39.8 Å². The second-order valence-electron chi connectivity index (χ2n) is 5.21. The van der Waals surface area contributed by atoms with Gasteiger partial charge >= 0.3 is 5.97 Å². The van der Waals surface area contributed by atoms with Gasteiger partial charge in [-0.2, -0.15) is 0 Å². The van der Waals surface area contributed by atoms with E-state index in [9.17, 15) is 9.59 Å². The van der Waals surface area contributed by atoms with Crippen molar-refractivity contribution < 1.29 is 14.3 Å². The lowest BCUT2D eigenvalue weighted by atomic mass is 10.2. The molecule has 0 unspecified atom stereocenters. The second-order valence-corrected chi connectivity index (χ2v) is 6.37.